The average Bonchev–Trinajstić information content (AvgIpc) is 2.48. The van der Waals surface area contributed by atoms with Gasteiger partial charge in [-0.25, -0.2) is 5.84 Å². The van der Waals surface area contributed by atoms with Crippen molar-refractivity contribution in [2.45, 2.75) is 71.1 Å². The molecule has 3 heteroatoms. The van der Waals surface area contributed by atoms with Crippen molar-refractivity contribution in [1.82, 2.24) is 5.43 Å². The van der Waals surface area contributed by atoms with Crippen molar-refractivity contribution in [3.8, 4) is 0 Å². The largest absolute Gasteiger partial charge is 0.294 e. The fourth-order valence-electron chi connectivity index (χ4n) is 4.33. The molecule has 0 spiro atoms. The molecule has 2 aliphatic carbocycles. The summed E-state index contributed by atoms with van der Waals surface area (Å²) in [5.74, 6) is 8.27. The zero-order valence-corrected chi connectivity index (χ0v) is 12.4. The van der Waals surface area contributed by atoms with E-state index in [1.165, 1.54) is 51.4 Å². The van der Waals surface area contributed by atoms with Crippen LogP contribution in [0.3, 0.4) is 0 Å². The van der Waals surface area contributed by atoms with Crippen LogP contribution in [-0.2, 0) is 4.79 Å². The lowest BCUT2D eigenvalue weighted by Crippen LogP contribution is -2.38. The van der Waals surface area contributed by atoms with Crippen LogP contribution in [0.25, 0.3) is 0 Å². The van der Waals surface area contributed by atoms with E-state index < -0.39 is 0 Å². The van der Waals surface area contributed by atoms with E-state index in [1.807, 2.05) is 0 Å². The number of rotatable bonds is 4. The van der Waals surface area contributed by atoms with Gasteiger partial charge in [-0.05, 0) is 56.3 Å². The summed E-state index contributed by atoms with van der Waals surface area (Å²) in [4.78, 5) is 11.5. The highest BCUT2D eigenvalue weighted by molar-refractivity contribution is 5.77. The van der Waals surface area contributed by atoms with Crippen molar-refractivity contribution in [3.63, 3.8) is 0 Å². The summed E-state index contributed by atoms with van der Waals surface area (Å²) < 4.78 is 0. The zero-order chi connectivity index (χ0) is 13.7. The van der Waals surface area contributed by atoms with Crippen LogP contribution in [0.4, 0.5) is 0 Å². The Morgan fingerprint density at radius 2 is 1.53 bits per heavy atom. The van der Waals surface area contributed by atoms with Gasteiger partial charge in [0.25, 0.3) is 0 Å². The zero-order valence-electron chi connectivity index (χ0n) is 12.4. The van der Waals surface area contributed by atoms with E-state index in [1.54, 1.807) is 0 Å². The van der Waals surface area contributed by atoms with Crippen molar-refractivity contribution >= 4 is 5.91 Å². The quantitative estimate of drug-likeness (QED) is 0.465. The second kappa shape index (κ2) is 7.28. The highest BCUT2D eigenvalue weighted by Crippen LogP contribution is 2.42. The molecule has 0 atom stereocenters. The van der Waals surface area contributed by atoms with E-state index in [9.17, 15) is 4.79 Å². The van der Waals surface area contributed by atoms with Crippen LogP contribution < -0.4 is 11.3 Å². The SMILES string of the molecule is CCC[C@H]1CC[C@H](C2CCC(C(=O)NN)CC2)CC1. The molecule has 0 radical (unpaired) electrons. The first kappa shape index (κ1) is 14.8. The van der Waals surface area contributed by atoms with E-state index in [0.29, 0.717) is 0 Å². The van der Waals surface area contributed by atoms with Crippen LogP contribution in [0.2, 0.25) is 0 Å². The Balaban J connectivity index is 1.72. The van der Waals surface area contributed by atoms with E-state index in [4.69, 9.17) is 5.84 Å². The molecule has 1 amide bonds. The molecule has 2 aliphatic rings. The van der Waals surface area contributed by atoms with Crippen LogP contribution in [0.5, 0.6) is 0 Å². The minimum atomic E-state index is 0.0464. The standard InChI is InChI=1S/C16H30N2O/c1-2-3-12-4-6-13(7-5-12)14-8-10-15(11-9-14)16(19)18-17/h12-15H,2-11,17H2,1H3,(H,18,19)/t12-,13-,14?,15?. The second-order valence-corrected chi connectivity index (χ2v) is 6.69. The van der Waals surface area contributed by atoms with E-state index in [-0.39, 0.29) is 11.8 Å². The molecule has 2 saturated carbocycles. The molecule has 2 rings (SSSR count). The smallest absolute Gasteiger partial charge is 0.236 e. The average molecular weight is 266 g/mol. The number of nitrogens with one attached hydrogen (secondary N) is 1. The summed E-state index contributed by atoms with van der Waals surface area (Å²) in [7, 11) is 0. The number of hydrogen-bond donors (Lipinski definition) is 2. The lowest BCUT2D eigenvalue weighted by atomic mass is 9.68. The predicted molar refractivity (Wildman–Crippen MR) is 78.1 cm³/mol. The van der Waals surface area contributed by atoms with Gasteiger partial charge in [-0.15, -0.1) is 0 Å². The van der Waals surface area contributed by atoms with Crippen molar-refractivity contribution in [2.75, 3.05) is 0 Å². The number of carbonyl (C=O) groups is 1. The molecule has 3 N–H and O–H groups in total. The normalized spacial score (nSPS) is 35.9. The van der Waals surface area contributed by atoms with Crippen molar-refractivity contribution < 1.29 is 4.79 Å². The Labute approximate surface area is 117 Å². The van der Waals surface area contributed by atoms with E-state index >= 15 is 0 Å². The molecule has 0 bridgehead atoms. The molecular formula is C16H30N2O. The molecule has 0 aromatic heterocycles. The lowest BCUT2D eigenvalue weighted by molar-refractivity contribution is -0.126. The van der Waals surface area contributed by atoms with Crippen LogP contribution in [0.1, 0.15) is 71.1 Å². The fourth-order valence-corrected chi connectivity index (χ4v) is 4.33. The Hall–Kier alpha value is -0.570. The van der Waals surface area contributed by atoms with Gasteiger partial charge in [0.2, 0.25) is 5.91 Å². The molecule has 0 aromatic rings. The number of hydrogen-bond acceptors (Lipinski definition) is 2. The van der Waals surface area contributed by atoms with Crippen LogP contribution in [-0.4, -0.2) is 5.91 Å². The summed E-state index contributed by atoms with van der Waals surface area (Å²) in [5.41, 5.74) is 2.31. The molecule has 0 heterocycles. The third kappa shape index (κ3) is 3.95. The Bertz CT molecular complexity index is 276. The third-order valence-corrected chi connectivity index (χ3v) is 5.54. The van der Waals surface area contributed by atoms with Crippen LogP contribution in [0.15, 0.2) is 0 Å². The van der Waals surface area contributed by atoms with Gasteiger partial charge in [0, 0.05) is 5.92 Å². The summed E-state index contributed by atoms with van der Waals surface area (Å²) in [6.07, 6.45) is 13.1. The molecular weight excluding hydrogens is 236 g/mol. The Kier molecular flexibility index (Phi) is 5.68. The van der Waals surface area contributed by atoms with Crippen molar-refractivity contribution in [1.29, 1.82) is 0 Å². The summed E-state index contributed by atoms with van der Waals surface area (Å²) in [6.45, 7) is 2.30. The Morgan fingerprint density at radius 3 is 2.00 bits per heavy atom. The summed E-state index contributed by atoms with van der Waals surface area (Å²) in [6, 6.07) is 0. The van der Waals surface area contributed by atoms with Crippen LogP contribution in [0, 0.1) is 23.7 Å². The summed E-state index contributed by atoms with van der Waals surface area (Å²) in [5, 5.41) is 0. The molecule has 19 heavy (non-hydrogen) atoms. The number of hydrazine groups is 1. The first-order valence-corrected chi connectivity index (χ1v) is 8.25. The molecule has 3 nitrogen and oxygen atoms in total. The van der Waals surface area contributed by atoms with Gasteiger partial charge in [-0.1, -0.05) is 32.6 Å². The van der Waals surface area contributed by atoms with Gasteiger partial charge in [-0.3, -0.25) is 10.2 Å². The second-order valence-electron chi connectivity index (χ2n) is 6.69. The first-order valence-electron chi connectivity index (χ1n) is 8.25. The van der Waals surface area contributed by atoms with Crippen molar-refractivity contribution in [2.24, 2.45) is 29.5 Å². The maximum atomic E-state index is 11.5. The van der Waals surface area contributed by atoms with Gasteiger partial charge < -0.3 is 0 Å². The van der Waals surface area contributed by atoms with Gasteiger partial charge >= 0.3 is 0 Å². The molecule has 0 unspecified atom stereocenters. The monoisotopic (exact) mass is 266 g/mol. The fraction of sp³-hybridized carbons (Fsp3) is 0.938. The molecule has 110 valence electrons. The number of carbonyl (C=O) groups excluding carboxylic acids is 1. The lowest BCUT2D eigenvalue weighted by Gasteiger charge is -2.37. The molecule has 0 aliphatic heterocycles. The minimum Gasteiger partial charge on any atom is -0.294 e. The van der Waals surface area contributed by atoms with Crippen LogP contribution >= 0.6 is 0 Å². The first-order chi connectivity index (χ1) is 9.24. The van der Waals surface area contributed by atoms with E-state index in [0.717, 1.165) is 30.6 Å². The maximum Gasteiger partial charge on any atom is 0.236 e. The predicted octanol–water partition coefficient (Wildman–Crippen LogP) is 3.39. The molecule has 0 aromatic carbocycles. The molecule has 0 saturated heterocycles. The van der Waals surface area contributed by atoms with Gasteiger partial charge in [-0.2, -0.15) is 0 Å². The highest BCUT2D eigenvalue weighted by atomic mass is 16.2. The third-order valence-electron chi connectivity index (χ3n) is 5.54. The van der Waals surface area contributed by atoms with Crippen molar-refractivity contribution in [3.05, 3.63) is 0 Å². The number of nitrogens with two attached hydrogens (primary N) is 1. The van der Waals surface area contributed by atoms with Gasteiger partial charge in [0.15, 0.2) is 0 Å². The molecule has 2 fully saturated rings. The van der Waals surface area contributed by atoms with E-state index in [2.05, 4.69) is 12.3 Å². The van der Waals surface area contributed by atoms with Gasteiger partial charge in [0.05, 0.1) is 0 Å². The summed E-state index contributed by atoms with van der Waals surface area (Å²) >= 11 is 0. The highest BCUT2D eigenvalue weighted by Gasteiger charge is 2.32. The number of amides is 1. The minimum absolute atomic E-state index is 0.0464. The Morgan fingerprint density at radius 1 is 1.00 bits per heavy atom. The van der Waals surface area contributed by atoms with Gasteiger partial charge in [0.1, 0.15) is 0 Å². The maximum absolute atomic E-state index is 11.5. The topological polar surface area (TPSA) is 55.1 Å².